The van der Waals surface area contributed by atoms with Crippen LogP contribution in [-0.4, -0.2) is 30.1 Å². The molecule has 1 aliphatic rings. The summed E-state index contributed by atoms with van der Waals surface area (Å²) in [4.78, 5) is 23.9. The molecule has 0 unspecified atom stereocenters. The Morgan fingerprint density at radius 1 is 1.29 bits per heavy atom. The number of aliphatic carboxylic acids is 1. The number of carboxylic acids is 1. The maximum Gasteiger partial charge on any atom is 0.303 e. The second-order valence-electron chi connectivity index (χ2n) is 3.76. The number of para-hydroxylation sites is 2. The van der Waals surface area contributed by atoms with Gasteiger partial charge in [-0.2, -0.15) is 0 Å². The average Bonchev–Trinajstić information content (AvgIpc) is 2.35. The predicted molar refractivity (Wildman–Crippen MR) is 61.2 cm³/mol. The predicted octanol–water partition coefficient (Wildman–Crippen LogP) is 1.28. The lowest BCUT2D eigenvalue weighted by Crippen LogP contribution is -2.38. The van der Waals surface area contributed by atoms with E-state index >= 15 is 0 Å². The molecule has 90 valence electrons. The molecule has 2 rings (SSSR count). The van der Waals surface area contributed by atoms with E-state index in [1.807, 2.05) is 12.1 Å². The molecule has 5 nitrogen and oxygen atoms in total. The molecule has 17 heavy (non-hydrogen) atoms. The highest BCUT2D eigenvalue weighted by atomic mass is 16.5. The standard InChI is InChI=1S/C12H13NO4/c14-11(5-6-12(15)16)13-7-8-17-10-4-2-1-3-9(10)13/h1-4H,5-8H2,(H,15,16). The van der Waals surface area contributed by atoms with Crippen LogP contribution in [0.15, 0.2) is 24.3 Å². The van der Waals surface area contributed by atoms with E-state index in [1.165, 1.54) is 0 Å². The van der Waals surface area contributed by atoms with Gasteiger partial charge in [0.15, 0.2) is 0 Å². The van der Waals surface area contributed by atoms with E-state index in [2.05, 4.69) is 0 Å². The number of ether oxygens (including phenoxy) is 1. The summed E-state index contributed by atoms with van der Waals surface area (Å²) in [5, 5.41) is 8.56. The fourth-order valence-corrected chi connectivity index (χ4v) is 1.78. The van der Waals surface area contributed by atoms with Crippen molar-refractivity contribution in [2.45, 2.75) is 12.8 Å². The van der Waals surface area contributed by atoms with E-state index in [9.17, 15) is 9.59 Å². The smallest absolute Gasteiger partial charge is 0.303 e. The third-order valence-electron chi connectivity index (χ3n) is 2.58. The van der Waals surface area contributed by atoms with Crippen LogP contribution < -0.4 is 9.64 Å². The average molecular weight is 235 g/mol. The number of nitrogens with zero attached hydrogens (tertiary/aromatic N) is 1. The first-order valence-electron chi connectivity index (χ1n) is 5.42. The van der Waals surface area contributed by atoms with Gasteiger partial charge in [0.25, 0.3) is 0 Å². The number of hydrogen-bond donors (Lipinski definition) is 1. The van der Waals surface area contributed by atoms with Gasteiger partial charge < -0.3 is 14.7 Å². The van der Waals surface area contributed by atoms with Gasteiger partial charge in [0, 0.05) is 6.42 Å². The first-order chi connectivity index (χ1) is 8.18. The Morgan fingerprint density at radius 3 is 2.82 bits per heavy atom. The molecule has 1 aromatic rings. The molecule has 0 aromatic heterocycles. The van der Waals surface area contributed by atoms with Crippen molar-refractivity contribution < 1.29 is 19.4 Å². The van der Waals surface area contributed by atoms with E-state index in [0.717, 1.165) is 0 Å². The van der Waals surface area contributed by atoms with Crippen LogP contribution >= 0.6 is 0 Å². The third-order valence-corrected chi connectivity index (χ3v) is 2.58. The Labute approximate surface area is 98.6 Å². The minimum Gasteiger partial charge on any atom is -0.490 e. The highest BCUT2D eigenvalue weighted by Gasteiger charge is 2.23. The van der Waals surface area contributed by atoms with Gasteiger partial charge in [-0.25, -0.2) is 0 Å². The Kier molecular flexibility index (Phi) is 3.27. The van der Waals surface area contributed by atoms with E-state index < -0.39 is 5.97 Å². The maximum atomic E-state index is 11.9. The number of rotatable bonds is 3. The Morgan fingerprint density at radius 2 is 2.06 bits per heavy atom. The summed E-state index contributed by atoms with van der Waals surface area (Å²) >= 11 is 0. The van der Waals surface area contributed by atoms with Crippen LogP contribution in [0.5, 0.6) is 5.75 Å². The number of amides is 1. The summed E-state index contributed by atoms with van der Waals surface area (Å²) < 4.78 is 5.42. The largest absolute Gasteiger partial charge is 0.490 e. The fraction of sp³-hybridized carbons (Fsp3) is 0.333. The lowest BCUT2D eigenvalue weighted by molar-refractivity contribution is -0.138. The van der Waals surface area contributed by atoms with Gasteiger partial charge in [-0.1, -0.05) is 12.1 Å². The number of hydrogen-bond acceptors (Lipinski definition) is 3. The molecule has 5 heteroatoms. The molecule has 1 amide bonds. The molecule has 0 saturated carbocycles. The van der Waals surface area contributed by atoms with Crippen LogP contribution in [0.4, 0.5) is 5.69 Å². The quantitative estimate of drug-likeness (QED) is 0.856. The fourth-order valence-electron chi connectivity index (χ4n) is 1.78. The van der Waals surface area contributed by atoms with Crippen LogP contribution in [0.25, 0.3) is 0 Å². The molecule has 1 aliphatic heterocycles. The van der Waals surface area contributed by atoms with Crippen LogP contribution in [0, 0.1) is 0 Å². The van der Waals surface area contributed by atoms with E-state index in [-0.39, 0.29) is 18.7 Å². The number of fused-ring (bicyclic) bond motifs is 1. The van der Waals surface area contributed by atoms with Crippen LogP contribution in [0.3, 0.4) is 0 Å². The maximum absolute atomic E-state index is 11.9. The number of benzene rings is 1. The first-order valence-corrected chi connectivity index (χ1v) is 5.42. The van der Waals surface area contributed by atoms with Gasteiger partial charge in [0.1, 0.15) is 12.4 Å². The van der Waals surface area contributed by atoms with Crippen molar-refractivity contribution in [3.8, 4) is 5.75 Å². The molecule has 1 aromatic carbocycles. The summed E-state index contributed by atoms with van der Waals surface area (Å²) in [6.07, 6.45) is -0.123. The Hall–Kier alpha value is -2.04. The zero-order valence-corrected chi connectivity index (χ0v) is 9.26. The van der Waals surface area contributed by atoms with Crippen molar-refractivity contribution in [1.29, 1.82) is 0 Å². The molecular formula is C12H13NO4. The summed E-state index contributed by atoms with van der Waals surface area (Å²) in [6.45, 7) is 0.908. The number of carbonyl (C=O) groups excluding carboxylic acids is 1. The van der Waals surface area contributed by atoms with Gasteiger partial charge in [0.05, 0.1) is 18.7 Å². The highest BCUT2D eigenvalue weighted by Crippen LogP contribution is 2.31. The van der Waals surface area contributed by atoms with Gasteiger partial charge in [0.2, 0.25) is 5.91 Å². The lowest BCUT2D eigenvalue weighted by Gasteiger charge is -2.29. The van der Waals surface area contributed by atoms with Gasteiger partial charge in [-0.05, 0) is 12.1 Å². The summed E-state index contributed by atoms with van der Waals surface area (Å²) in [5.74, 6) is -0.467. The summed E-state index contributed by atoms with van der Waals surface area (Å²) in [6, 6.07) is 7.26. The Bertz CT molecular complexity index is 444. The number of carboxylic acid groups (broad SMARTS) is 1. The Balaban J connectivity index is 2.12. The van der Waals surface area contributed by atoms with Crippen molar-refractivity contribution in [3.05, 3.63) is 24.3 Å². The summed E-state index contributed by atoms with van der Waals surface area (Å²) in [7, 11) is 0. The second kappa shape index (κ2) is 4.86. The molecule has 0 bridgehead atoms. The van der Waals surface area contributed by atoms with Crippen molar-refractivity contribution in [2.75, 3.05) is 18.1 Å². The van der Waals surface area contributed by atoms with Crippen LogP contribution in [0.2, 0.25) is 0 Å². The van der Waals surface area contributed by atoms with E-state index in [1.54, 1.807) is 17.0 Å². The molecule has 0 spiro atoms. The van der Waals surface area contributed by atoms with Crippen LogP contribution in [0.1, 0.15) is 12.8 Å². The summed E-state index contributed by atoms with van der Waals surface area (Å²) in [5.41, 5.74) is 0.717. The second-order valence-corrected chi connectivity index (χ2v) is 3.76. The minimum atomic E-state index is -0.958. The van der Waals surface area contributed by atoms with Gasteiger partial charge in [-0.3, -0.25) is 9.59 Å². The monoisotopic (exact) mass is 235 g/mol. The normalized spacial score (nSPS) is 13.8. The third kappa shape index (κ3) is 2.55. The SMILES string of the molecule is O=C(O)CCC(=O)N1CCOc2ccccc21. The molecule has 1 heterocycles. The topological polar surface area (TPSA) is 66.8 Å². The van der Waals surface area contributed by atoms with Crippen molar-refractivity contribution >= 4 is 17.6 Å². The molecule has 0 radical (unpaired) electrons. The molecule has 0 fully saturated rings. The zero-order chi connectivity index (χ0) is 12.3. The highest BCUT2D eigenvalue weighted by molar-refractivity contribution is 5.96. The first kappa shape index (κ1) is 11.4. The van der Waals surface area contributed by atoms with E-state index in [0.29, 0.717) is 24.6 Å². The van der Waals surface area contributed by atoms with E-state index in [4.69, 9.17) is 9.84 Å². The zero-order valence-electron chi connectivity index (χ0n) is 9.26. The number of carbonyl (C=O) groups is 2. The lowest BCUT2D eigenvalue weighted by atomic mass is 10.2. The van der Waals surface area contributed by atoms with Gasteiger partial charge >= 0.3 is 5.97 Å². The molecule has 0 atom stereocenters. The van der Waals surface area contributed by atoms with Crippen molar-refractivity contribution in [2.24, 2.45) is 0 Å². The van der Waals surface area contributed by atoms with Crippen molar-refractivity contribution in [3.63, 3.8) is 0 Å². The van der Waals surface area contributed by atoms with Gasteiger partial charge in [-0.15, -0.1) is 0 Å². The van der Waals surface area contributed by atoms with Crippen LogP contribution in [-0.2, 0) is 9.59 Å². The molecule has 1 N–H and O–H groups in total. The molecule has 0 aliphatic carbocycles. The minimum absolute atomic E-state index is 0.0175. The molecular weight excluding hydrogens is 222 g/mol. The van der Waals surface area contributed by atoms with Crippen molar-refractivity contribution in [1.82, 2.24) is 0 Å². The molecule has 0 saturated heterocycles. The number of anilines is 1.